The van der Waals surface area contributed by atoms with Crippen molar-refractivity contribution in [2.45, 2.75) is 38.6 Å². The van der Waals surface area contributed by atoms with Gasteiger partial charge in [-0.05, 0) is 48.6 Å². The van der Waals surface area contributed by atoms with E-state index in [1.165, 1.54) is 32.2 Å². The number of fused-ring (bicyclic) bond motifs is 2. The maximum Gasteiger partial charge on any atom is 0.303 e. The Hall–Kier alpha value is -3.50. The lowest BCUT2D eigenvalue weighted by atomic mass is 9.99. The van der Waals surface area contributed by atoms with E-state index in [9.17, 15) is 14.4 Å². The van der Waals surface area contributed by atoms with Gasteiger partial charge in [0.25, 0.3) is 11.5 Å². The molecule has 10 heteroatoms. The summed E-state index contributed by atoms with van der Waals surface area (Å²) in [5.41, 5.74) is 3.17. The van der Waals surface area contributed by atoms with Crippen molar-refractivity contribution in [3.05, 3.63) is 80.6 Å². The molecule has 1 amide bonds. The molecule has 0 bridgehead atoms. The third kappa shape index (κ3) is 5.30. The van der Waals surface area contributed by atoms with Gasteiger partial charge in [0.2, 0.25) is 0 Å². The first kappa shape index (κ1) is 25.2. The quantitative estimate of drug-likeness (QED) is 0.262. The molecule has 2 aromatic heterocycles. The number of hydrogen-bond acceptors (Lipinski definition) is 7. The van der Waals surface area contributed by atoms with Crippen molar-refractivity contribution in [2.75, 3.05) is 18.0 Å². The Bertz CT molecular complexity index is 1480. The number of pyridine rings is 1. The number of unbranched alkanes of at least 4 members (excludes halogenated alkanes) is 2. The molecule has 4 heterocycles. The van der Waals surface area contributed by atoms with Gasteiger partial charge < -0.3 is 10.0 Å². The first-order chi connectivity index (χ1) is 17.9. The molecule has 1 N–H and O–H groups in total. The Morgan fingerprint density at radius 3 is 2.68 bits per heavy atom. The lowest BCUT2D eigenvalue weighted by Gasteiger charge is -2.30. The molecule has 1 saturated heterocycles. The molecule has 0 aliphatic carbocycles. The minimum absolute atomic E-state index is 0.112. The van der Waals surface area contributed by atoms with Gasteiger partial charge in [-0.2, -0.15) is 0 Å². The van der Waals surface area contributed by atoms with Crippen molar-refractivity contribution < 1.29 is 14.7 Å². The maximum atomic E-state index is 13.6. The number of benzene rings is 1. The predicted molar refractivity (Wildman–Crippen MR) is 149 cm³/mol. The zero-order valence-electron chi connectivity index (χ0n) is 20.1. The van der Waals surface area contributed by atoms with Crippen molar-refractivity contribution in [3.8, 4) is 0 Å². The van der Waals surface area contributed by atoms with Gasteiger partial charge in [-0.15, -0.1) is 0 Å². The average molecular weight is 535 g/mol. The van der Waals surface area contributed by atoms with Crippen LogP contribution >= 0.6 is 24.0 Å². The topological polar surface area (TPSA) is 95.2 Å². The second kappa shape index (κ2) is 10.9. The fourth-order valence-electron chi connectivity index (χ4n) is 4.68. The standard InChI is InChI=1S/C27H26N4O4S2/c32-23(33)11-2-1-6-14-31-26(35)21(37-27(31)36)16-20-24(28-22-10-5-7-13-30(22)25(20)34)29-15-12-18-8-3-4-9-19(18)17-29/h3-5,7-10,13,16H,1-2,6,11-12,14-15,17H2,(H,32,33)/b21-16-. The molecule has 37 heavy (non-hydrogen) atoms. The van der Waals surface area contributed by atoms with E-state index < -0.39 is 5.97 Å². The van der Waals surface area contributed by atoms with E-state index in [1.807, 2.05) is 18.2 Å². The summed E-state index contributed by atoms with van der Waals surface area (Å²) >= 11 is 6.65. The minimum Gasteiger partial charge on any atom is -0.481 e. The van der Waals surface area contributed by atoms with Crippen LogP contribution in [0.2, 0.25) is 0 Å². The number of carboxylic acid groups (broad SMARTS) is 1. The van der Waals surface area contributed by atoms with Gasteiger partial charge in [-0.25, -0.2) is 4.98 Å². The summed E-state index contributed by atoms with van der Waals surface area (Å²) in [5.74, 6) is -0.498. The molecular formula is C27H26N4O4S2. The number of thiocarbonyl (C=S) groups is 1. The Morgan fingerprint density at radius 1 is 1.08 bits per heavy atom. The highest BCUT2D eigenvalue weighted by Crippen LogP contribution is 2.34. The van der Waals surface area contributed by atoms with Crippen molar-refractivity contribution in [2.24, 2.45) is 0 Å². The number of thioether (sulfide) groups is 1. The molecule has 2 aliphatic heterocycles. The van der Waals surface area contributed by atoms with E-state index in [-0.39, 0.29) is 17.9 Å². The lowest BCUT2D eigenvalue weighted by molar-refractivity contribution is -0.137. The van der Waals surface area contributed by atoms with Crippen LogP contribution in [0.3, 0.4) is 0 Å². The van der Waals surface area contributed by atoms with Gasteiger partial charge in [-0.1, -0.05) is 60.7 Å². The number of hydrogen-bond donors (Lipinski definition) is 1. The fourth-order valence-corrected chi connectivity index (χ4v) is 5.97. The summed E-state index contributed by atoms with van der Waals surface area (Å²) in [5, 5.41) is 8.80. The third-order valence-electron chi connectivity index (χ3n) is 6.60. The first-order valence-electron chi connectivity index (χ1n) is 12.2. The highest BCUT2D eigenvalue weighted by molar-refractivity contribution is 8.26. The second-order valence-electron chi connectivity index (χ2n) is 9.06. The maximum absolute atomic E-state index is 13.6. The summed E-state index contributed by atoms with van der Waals surface area (Å²) in [6.07, 6.45) is 6.18. The fraction of sp³-hybridized carbons (Fsp3) is 0.296. The summed E-state index contributed by atoms with van der Waals surface area (Å²) < 4.78 is 1.94. The molecular weight excluding hydrogens is 508 g/mol. The normalized spacial score (nSPS) is 16.6. The van der Waals surface area contributed by atoms with Gasteiger partial charge >= 0.3 is 5.97 Å². The second-order valence-corrected chi connectivity index (χ2v) is 10.7. The molecule has 0 unspecified atom stereocenters. The van der Waals surface area contributed by atoms with E-state index >= 15 is 0 Å². The van der Waals surface area contributed by atoms with Crippen molar-refractivity contribution in [1.29, 1.82) is 0 Å². The van der Waals surface area contributed by atoms with Crippen LogP contribution in [0.4, 0.5) is 5.82 Å². The molecule has 190 valence electrons. The largest absolute Gasteiger partial charge is 0.481 e. The van der Waals surface area contributed by atoms with Gasteiger partial charge in [-0.3, -0.25) is 23.7 Å². The van der Waals surface area contributed by atoms with E-state index in [2.05, 4.69) is 17.0 Å². The molecule has 8 nitrogen and oxygen atoms in total. The van der Waals surface area contributed by atoms with E-state index in [1.54, 1.807) is 24.4 Å². The number of carboxylic acids is 1. The SMILES string of the molecule is O=C(O)CCCCCN1C(=O)/C(=C/c2c(N3CCc4ccccc4C3)nc3ccccn3c2=O)SC1=S. The Morgan fingerprint density at radius 2 is 1.86 bits per heavy atom. The molecule has 1 aromatic carbocycles. The zero-order valence-corrected chi connectivity index (χ0v) is 21.8. The van der Waals surface area contributed by atoms with E-state index in [4.69, 9.17) is 22.3 Å². The smallest absolute Gasteiger partial charge is 0.303 e. The van der Waals surface area contributed by atoms with Gasteiger partial charge in [0, 0.05) is 32.3 Å². The van der Waals surface area contributed by atoms with Crippen LogP contribution in [0.25, 0.3) is 11.7 Å². The number of carbonyl (C=O) groups is 2. The number of carbonyl (C=O) groups excluding carboxylic acids is 1. The van der Waals surface area contributed by atoms with Crippen LogP contribution < -0.4 is 10.5 Å². The lowest BCUT2D eigenvalue weighted by Crippen LogP contribution is -2.34. The molecule has 0 atom stereocenters. The average Bonchev–Trinajstić information content (AvgIpc) is 3.16. The van der Waals surface area contributed by atoms with Crippen molar-refractivity contribution in [1.82, 2.24) is 14.3 Å². The van der Waals surface area contributed by atoms with Crippen molar-refractivity contribution in [3.63, 3.8) is 0 Å². The third-order valence-corrected chi connectivity index (χ3v) is 7.98. The molecule has 0 spiro atoms. The number of anilines is 1. The summed E-state index contributed by atoms with van der Waals surface area (Å²) in [6.45, 7) is 1.76. The Balaban J connectivity index is 1.46. The van der Waals surface area contributed by atoms with Crippen molar-refractivity contribution >= 4 is 57.7 Å². The van der Waals surface area contributed by atoms with Gasteiger partial charge in [0.05, 0.1) is 10.5 Å². The molecule has 5 rings (SSSR count). The number of rotatable bonds is 8. The molecule has 2 aliphatic rings. The number of nitrogens with zero attached hydrogens (tertiary/aromatic N) is 4. The van der Waals surface area contributed by atoms with Gasteiger partial charge in [0.1, 0.15) is 15.8 Å². The molecule has 0 saturated carbocycles. The molecule has 3 aromatic rings. The number of amides is 1. The van der Waals surface area contributed by atoms with Gasteiger partial charge in [0.15, 0.2) is 0 Å². The predicted octanol–water partition coefficient (Wildman–Crippen LogP) is 4.10. The highest BCUT2D eigenvalue weighted by Gasteiger charge is 2.33. The minimum atomic E-state index is -0.822. The summed E-state index contributed by atoms with van der Waals surface area (Å²) in [7, 11) is 0. The first-order valence-corrected chi connectivity index (χ1v) is 13.4. The Kier molecular flexibility index (Phi) is 7.38. The monoisotopic (exact) mass is 534 g/mol. The van der Waals surface area contributed by atoms with E-state index in [0.29, 0.717) is 65.2 Å². The molecule has 0 radical (unpaired) electrons. The van der Waals surface area contributed by atoms with Crippen LogP contribution in [-0.2, 0) is 22.6 Å². The highest BCUT2D eigenvalue weighted by atomic mass is 32.2. The number of aliphatic carboxylic acids is 1. The number of aromatic nitrogens is 2. The van der Waals surface area contributed by atoms with Crippen LogP contribution in [0, 0.1) is 0 Å². The van der Waals surface area contributed by atoms with Crippen LogP contribution in [0.1, 0.15) is 42.4 Å². The summed E-state index contributed by atoms with van der Waals surface area (Å²) in [4.78, 5) is 46.5. The zero-order chi connectivity index (χ0) is 25.9. The van der Waals surface area contributed by atoms with Crippen LogP contribution in [-0.4, -0.2) is 48.7 Å². The summed E-state index contributed by atoms with van der Waals surface area (Å²) in [6, 6.07) is 13.7. The van der Waals surface area contributed by atoms with E-state index in [0.717, 1.165) is 6.42 Å². The van der Waals surface area contributed by atoms with Crippen LogP contribution in [0.15, 0.2) is 58.4 Å². The molecule has 1 fully saturated rings. The Labute approximate surface area is 223 Å². The van der Waals surface area contributed by atoms with Crippen LogP contribution in [0.5, 0.6) is 0 Å².